The predicted octanol–water partition coefficient (Wildman–Crippen LogP) is 3.43. The number of fused-ring (bicyclic) bond motifs is 2. The first-order chi connectivity index (χ1) is 14.6. The van der Waals surface area contributed by atoms with Gasteiger partial charge >= 0.3 is 0 Å². The lowest BCUT2D eigenvalue weighted by atomic mass is 10.1. The molecule has 1 aliphatic heterocycles. The summed E-state index contributed by atoms with van der Waals surface area (Å²) in [6.07, 6.45) is 3.58. The molecule has 0 saturated carbocycles. The Hall–Kier alpha value is -3.06. The highest BCUT2D eigenvalue weighted by atomic mass is 19.1. The summed E-state index contributed by atoms with van der Waals surface area (Å²) < 4.78 is 24.7. The summed E-state index contributed by atoms with van der Waals surface area (Å²) in [4.78, 5) is 7.62. The lowest BCUT2D eigenvalue weighted by molar-refractivity contribution is -0.0172. The third-order valence-electron chi connectivity index (χ3n) is 5.27. The lowest BCUT2D eigenvalue weighted by Crippen LogP contribution is -2.39. The molecule has 0 bridgehead atoms. The van der Waals surface area contributed by atoms with Gasteiger partial charge in [0.15, 0.2) is 12.8 Å². The van der Waals surface area contributed by atoms with Crippen LogP contribution in [-0.4, -0.2) is 37.9 Å². The van der Waals surface area contributed by atoms with E-state index in [1.165, 1.54) is 34.2 Å². The molecule has 0 fully saturated rings. The SMILES string of the molecule is CN=C(NCCc1cc(F)cc2c1OCOC2)NCCc1c[nH]c2cc(C)ccc12. The molecule has 0 spiro atoms. The zero-order valence-corrected chi connectivity index (χ0v) is 17.3. The highest BCUT2D eigenvalue weighted by molar-refractivity contribution is 5.84. The van der Waals surface area contributed by atoms with E-state index in [-0.39, 0.29) is 12.6 Å². The number of hydrogen-bond acceptors (Lipinski definition) is 3. The second kappa shape index (κ2) is 9.17. The van der Waals surface area contributed by atoms with Crippen molar-refractivity contribution in [2.24, 2.45) is 4.99 Å². The van der Waals surface area contributed by atoms with Gasteiger partial charge in [-0.15, -0.1) is 0 Å². The Kier molecular flexibility index (Phi) is 6.18. The van der Waals surface area contributed by atoms with Crippen LogP contribution in [0.25, 0.3) is 10.9 Å². The molecule has 2 aromatic carbocycles. The fourth-order valence-electron chi connectivity index (χ4n) is 3.80. The smallest absolute Gasteiger partial charge is 0.190 e. The summed E-state index contributed by atoms with van der Waals surface area (Å²) in [7, 11) is 1.74. The predicted molar refractivity (Wildman–Crippen MR) is 116 cm³/mol. The third-order valence-corrected chi connectivity index (χ3v) is 5.27. The summed E-state index contributed by atoms with van der Waals surface area (Å²) in [6.45, 7) is 4.05. The van der Waals surface area contributed by atoms with Crippen molar-refractivity contribution in [1.82, 2.24) is 15.6 Å². The lowest BCUT2D eigenvalue weighted by Gasteiger charge is -2.21. The van der Waals surface area contributed by atoms with E-state index in [1.54, 1.807) is 7.05 Å². The number of guanidine groups is 1. The van der Waals surface area contributed by atoms with Crippen molar-refractivity contribution in [1.29, 1.82) is 0 Å². The van der Waals surface area contributed by atoms with Gasteiger partial charge in [-0.05, 0) is 54.7 Å². The molecule has 158 valence electrons. The molecular formula is C23H27FN4O2. The molecule has 0 aliphatic carbocycles. The number of H-pyrrole nitrogens is 1. The second-order valence-corrected chi connectivity index (χ2v) is 7.45. The van der Waals surface area contributed by atoms with Gasteiger partial charge in [-0.3, -0.25) is 4.99 Å². The Balaban J connectivity index is 1.29. The standard InChI is InChI=1S/C23H27FN4O2/c1-15-3-4-20-17(12-28-21(20)9-15)6-8-27-23(25-2)26-7-5-16-10-19(24)11-18-13-29-14-30-22(16)18/h3-4,9-12,28H,5-8,13-14H2,1-2H3,(H2,25,26,27). The van der Waals surface area contributed by atoms with E-state index in [0.717, 1.165) is 35.8 Å². The molecule has 0 atom stereocenters. The minimum Gasteiger partial charge on any atom is -0.467 e. The molecule has 3 aromatic rings. The van der Waals surface area contributed by atoms with Crippen LogP contribution in [0.5, 0.6) is 5.75 Å². The summed E-state index contributed by atoms with van der Waals surface area (Å²) in [5.41, 5.74) is 5.28. The average Bonchev–Trinajstić information content (AvgIpc) is 3.14. The molecule has 6 nitrogen and oxygen atoms in total. The Bertz CT molecular complexity index is 1060. The molecule has 30 heavy (non-hydrogen) atoms. The fraction of sp³-hybridized carbons (Fsp3) is 0.348. The first-order valence-corrected chi connectivity index (χ1v) is 10.2. The average molecular weight is 410 g/mol. The minimum atomic E-state index is -0.269. The number of nitrogens with one attached hydrogen (secondary N) is 3. The number of nitrogens with zero attached hydrogens (tertiary/aromatic N) is 1. The van der Waals surface area contributed by atoms with Crippen molar-refractivity contribution >= 4 is 16.9 Å². The van der Waals surface area contributed by atoms with E-state index in [2.05, 4.69) is 51.9 Å². The highest BCUT2D eigenvalue weighted by Gasteiger charge is 2.16. The first kappa shape index (κ1) is 20.2. The van der Waals surface area contributed by atoms with Crippen LogP contribution in [-0.2, 0) is 24.2 Å². The van der Waals surface area contributed by atoms with Crippen LogP contribution >= 0.6 is 0 Å². The number of ether oxygens (including phenoxy) is 2. The maximum Gasteiger partial charge on any atom is 0.190 e. The highest BCUT2D eigenvalue weighted by Crippen LogP contribution is 2.29. The van der Waals surface area contributed by atoms with Crippen molar-refractivity contribution < 1.29 is 13.9 Å². The van der Waals surface area contributed by atoms with E-state index < -0.39 is 0 Å². The van der Waals surface area contributed by atoms with Crippen LogP contribution in [0.1, 0.15) is 22.3 Å². The van der Waals surface area contributed by atoms with Crippen LogP contribution in [0.15, 0.2) is 41.5 Å². The summed E-state index contributed by atoms with van der Waals surface area (Å²) in [5.74, 6) is 1.19. The van der Waals surface area contributed by atoms with Crippen LogP contribution in [0, 0.1) is 12.7 Å². The van der Waals surface area contributed by atoms with Crippen molar-refractivity contribution in [3.05, 3.63) is 64.6 Å². The number of aryl methyl sites for hydroxylation is 1. The molecule has 3 N–H and O–H groups in total. The second-order valence-electron chi connectivity index (χ2n) is 7.45. The molecular weight excluding hydrogens is 383 g/mol. The number of aromatic amines is 1. The summed E-state index contributed by atoms with van der Waals surface area (Å²) >= 11 is 0. The molecule has 0 saturated heterocycles. The van der Waals surface area contributed by atoms with E-state index in [9.17, 15) is 4.39 Å². The van der Waals surface area contributed by atoms with Gasteiger partial charge < -0.3 is 25.1 Å². The first-order valence-electron chi connectivity index (χ1n) is 10.2. The third kappa shape index (κ3) is 4.57. The number of halogens is 1. The van der Waals surface area contributed by atoms with Gasteiger partial charge in [-0.1, -0.05) is 12.1 Å². The maximum absolute atomic E-state index is 13.9. The molecule has 4 rings (SSSR count). The zero-order valence-electron chi connectivity index (χ0n) is 17.3. The van der Waals surface area contributed by atoms with E-state index in [1.807, 2.05) is 0 Å². The van der Waals surface area contributed by atoms with Crippen molar-refractivity contribution in [2.45, 2.75) is 26.4 Å². The van der Waals surface area contributed by atoms with Crippen molar-refractivity contribution in [3.8, 4) is 5.75 Å². The summed E-state index contributed by atoms with van der Waals surface area (Å²) in [5, 5.41) is 7.89. The van der Waals surface area contributed by atoms with Crippen molar-refractivity contribution in [3.63, 3.8) is 0 Å². The van der Waals surface area contributed by atoms with Gasteiger partial charge in [0.05, 0.1) is 6.61 Å². The molecule has 0 amide bonds. The number of aliphatic imine (C=N–C) groups is 1. The van der Waals surface area contributed by atoms with Crippen molar-refractivity contribution in [2.75, 3.05) is 26.9 Å². The van der Waals surface area contributed by atoms with Gasteiger partial charge in [0.1, 0.15) is 11.6 Å². The Labute approximate surface area is 175 Å². The molecule has 0 unspecified atom stereocenters. The van der Waals surface area contributed by atoms with E-state index >= 15 is 0 Å². The van der Waals surface area contributed by atoms with Gasteiger partial charge in [0.2, 0.25) is 0 Å². The molecule has 7 heteroatoms. The quantitative estimate of drug-likeness (QED) is 0.430. The monoisotopic (exact) mass is 410 g/mol. The van der Waals surface area contributed by atoms with Crippen LogP contribution in [0.2, 0.25) is 0 Å². The van der Waals surface area contributed by atoms with Gasteiger partial charge in [-0.2, -0.15) is 0 Å². The van der Waals surface area contributed by atoms with E-state index in [0.29, 0.717) is 19.6 Å². The van der Waals surface area contributed by atoms with E-state index in [4.69, 9.17) is 9.47 Å². The Morgan fingerprint density at radius 3 is 2.73 bits per heavy atom. The molecule has 1 aromatic heterocycles. The van der Waals surface area contributed by atoms with Crippen LogP contribution in [0.3, 0.4) is 0 Å². The van der Waals surface area contributed by atoms with Crippen LogP contribution in [0.4, 0.5) is 4.39 Å². The van der Waals surface area contributed by atoms with Gasteiger partial charge in [-0.25, -0.2) is 4.39 Å². The number of hydrogen-bond donors (Lipinski definition) is 3. The fourth-order valence-corrected chi connectivity index (χ4v) is 3.80. The molecule has 0 radical (unpaired) electrons. The Morgan fingerprint density at radius 1 is 1.13 bits per heavy atom. The molecule has 1 aliphatic rings. The molecule has 2 heterocycles. The number of aromatic nitrogens is 1. The zero-order chi connectivity index (χ0) is 20.9. The largest absolute Gasteiger partial charge is 0.467 e. The van der Waals surface area contributed by atoms with Crippen LogP contribution < -0.4 is 15.4 Å². The topological polar surface area (TPSA) is 70.7 Å². The maximum atomic E-state index is 13.9. The minimum absolute atomic E-state index is 0.204. The normalized spacial score (nSPS) is 13.8. The van der Waals surface area contributed by atoms with Gasteiger partial charge in [0, 0.05) is 42.8 Å². The number of benzene rings is 2. The Morgan fingerprint density at radius 2 is 1.93 bits per heavy atom. The number of rotatable bonds is 6. The summed E-state index contributed by atoms with van der Waals surface area (Å²) in [6, 6.07) is 9.46. The van der Waals surface area contributed by atoms with Gasteiger partial charge in [0.25, 0.3) is 0 Å².